The number of hydrogen-bond acceptors (Lipinski definition) is 4. The number of rotatable bonds is 7. The number of anilines is 1. The number of nitrogens with zero attached hydrogens (tertiary/aromatic N) is 1. The molecule has 0 aliphatic heterocycles. The van der Waals surface area contributed by atoms with Crippen LogP contribution in [0.4, 0.5) is 5.69 Å². The van der Waals surface area contributed by atoms with Gasteiger partial charge in [-0.05, 0) is 86.3 Å². The Morgan fingerprint density at radius 1 is 1.00 bits per heavy atom. The van der Waals surface area contributed by atoms with Crippen LogP contribution < -0.4 is 15.5 Å². The number of hydrazone groups is 1. The van der Waals surface area contributed by atoms with Gasteiger partial charge in [-0.1, -0.05) is 30.3 Å². The number of aryl methyl sites for hydroxylation is 1. The first-order chi connectivity index (χ1) is 14.0. The van der Waals surface area contributed by atoms with E-state index in [2.05, 4.69) is 47.7 Å². The van der Waals surface area contributed by atoms with Crippen molar-refractivity contribution in [1.82, 2.24) is 5.43 Å². The first kappa shape index (κ1) is 21.1. The van der Waals surface area contributed by atoms with Crippen molar-refractivity contribution in [2.45, 2.75) is 6.92 Å². The molecule has 29 heavy (non-hydrogen) atoms. The average molecular weight is 517 g/mol. The molecule has 0 spiro atoms. The van der Waals surface area contributed by atoms with Gasteiger partial charge in [0.25, 0.3) is 5.91 Å². The van der Waals surface area contributed by atoms with Crippen molar-refractivity contribution in [2.24, 2.45) is 5.10 Å². The van der Waals surface area contributed by atoms with Gasteiger partial charge in [0.15, 0.2) is 0 Å². The zero-order valence-corrected chi connectivity index (χ0v) is 18.8. The van der Waals surface area contributed by atoms with Crippen molar-refractivity contribution in [3.8, 4) is 11.5 Å². The zero-order chi connectivity index (χ0) is 20.6. The third-order valence-corrected chi connectivity index (χ3v) is 5.10. The molecular weight excluding hydrogens is 498 g/mol. The van der Waals surface area contributed by atoms with Gasteiger partial charge in [-0.2, -0.15) is 5.10 Å². The number of hydrogen-bond donors (Lipinski definition) is 2. The van der Waals surface area contributed by atoms with Gasteiger partial charge in [0.05, 0.1) is 18.4 Å². The highest BCUT2D eigenvalue weighted by Gasteiger charge is 2.08. The van der Waals surface area contributed by atoms with E-state index in [4.69, 9.17) is 4.74 Å². The van der Waals surface area contributed by atoms with Crippen LogP contribution in [0.3, 0.4) is 0 Å². The maximum absolute atomic E-state index is 12.1. The summed E-state index contributed by atoms with van der Waals surface area (Å²) in [6.45, 7) is 2.09. The van der Waals surface area contributed by atoms with E-state index >= 15 is 0 Å². The molecule has 0 aliphatic rings. The van der Waals surface area contributed by atoms with Crippen molar-refractivity contribution >= 4 is 49.7 Å². The highest BCUT2D eigenvalue weighted by Crippen LogP contribution is 2.32. The fraction of sp³-hybridized carbons (Fsp3) is 0.0909. The first-order valence-corrected chi connectivity index (χ1v) is 10.4. The van der Waals surface area contributed by atoms with E-state index in [1.165, 1.54) is 0 Å². The predicted octanol–water partition coefficient (Wildman–Crippen LogP) is 5.87. The molecule has 0 aromatic heterocycles. The fourth-order valence-corrected chi connectivity index (χ4v) is 4.23. The number of para-hydroxylation sites is 1. The van der Waals surface area contributed by atoms with Crippen LogP contribution in [-0.2, 0) is 4.79 Å². The number of ether oxygens (including phenoxy) is 1. The Morgan fingerprint density at radius 2 is 1.69 bits per heavy atom. The van der Waals surface area contributed by atoms with Crippen molar-refractivity contribution < 1.29 is 9.53 Å². The molecule has 0 heterocycles. The number of nitrogens with one attached hydrogen (secondary N) is 2. The summed E-state index contributed by atoms with van der Waals surface area (Å²) in [6.07, 6.45) is 1.58. The lowest BCUT2D eigenvalue weighted by atomic mass is 10.2. The first-order valence-electron chi connectivity index (χ1n) is 8.85. The minimum Gasteiger partial charge on any atom is -0.457 e. The quantitative estimate of drug-likeness (QED) is 0.304. The predicted molar refractivity (Wildman–Crippen MR) is 124 cm³/mol. The van der Waals surface area contributed by atoms with Gasteiger partial charge in [0.2, 0.25) is 0 Å². The van der Waals surface area contributed by atoms with E-state index in [0.717, 1.165) is 31.5 Å². The Bertz CT molecular complexity index is 1000. The second-order valence-corrected chi connectivity index (χ2v) is 7.95. The summed E-state index contributed by atoms with van der Waals surface area (Å²) in [5, 5.41) is 7.11. The Morgan fingerprint density at radius 3 is 2.41 bits per heavy atom. The third kappa shape index (κ3) is 6.44. The third-order valence-electron chi connectivity index (χ3n) is 3.85. The molecule has 3 aromatic carbocycles. The number of amides is 1. The Kier molecular flexibility index (Phi) is 7.43. The number of carbonyl (C=O) groups excluding carboxylic acids is 1. The summed E-state index contributed by atoms with van der Waals surface area (Å²) >= 11 is 6.99. The van der Waals surface area contributed by atoms with Gasteiger partial charge >= 0.3 is 0 Å². The summed E-state index contributed by atoms with van der Waals surface area (Å²) in [5.41, 5.74) is 5.27. The Balaban J connectivity index is 1.53. The van der Waals surface area contributed by atoms with Crippen LogP contribution in [0, 0.1) is 6.92 Å². The maximum Gasteiger partial charge on any atom is 0.259 e. The largest absolute Gasteiger partial charge is 0.457 e. The van der Waals surface area contributed by atoms with Crippen LogP contribution >= 0.6 is 31.9 Å². The van der Waals surface area contributed by atoms with Gasteiger partial charge in [0.1, 0.15) is 11.5 Å². The van der Waals surface area contributed by atoms with Crippen molar-refractivity contribution in [2.75, 3.05) is 11.9 Å². The molecule has 3 aromatic rings. The van der Waals surface area contributed by atoms with Crippen LogP contribution in [0.5, 0.6) is 11.5 Å². The van der Waals surface area contributed by atoms with Crippen LogP contribution in [0.15, 0.2) is 80.8 Å². The summed E-state index contributed by atoms with van der Waals surface area (Å²) in [6, 6.07) is 21.0. The minimum absolute atomic E-state index is 0.0920. The molecule has 7 heteroatoms. The maximum atomic E-state index is 12.1. The molecule has 1 amide bonds. The molecule has 2 N–H and O–H groups in total. The molecule has 0 unspecified atom stereocenters. The van der Waals surface area contributed by atoms with Crippen molar-refractivity contribution in [3.05, 3.63) is 86.8 Å². The topological polar surface area (TPSA) is 62.7 Å². The lowest BCUT2D eigenvalue weighted by Gasteiger charge is -2.11. The van der Waals surface area contributed by atoms with E-state index < -0.39 is 0 Å². The molecule has 5 nitrogen and oxygen atoms in total. The van der Waals surface area contributed by atoms with Gasteiger partial charge in [-0.25, -0.2) is 5.43 Å². The standard InChI is InChI=1S/C22H19Br2N3O2/c1-15-10-19(23)22(20(24)11-15)25-14-21(28)27-26-13-16-6-5-9-18(12-16)29-17-7-3-2-4-8-17/h2-13,25H,14H2,1H3,(H,27,28). The van der Waals surface area contributed by atoms with Gasteiger partial charge in [-0.15, -0.1) is 0 Å². The number of benzene rings is 3. The zero-order valence-electron chi connectivity index (χ0n) is 15.7. The Labute approximate surface area is 186 Å². The lowest BCUT2D eigenvalue weighted by molar-refractivity contribution is -0.119. The van der Waals surface area contributed by atoms with E-state index in [-0.39, 0.29) is 12.5 Å². The van der Waals surface area contributed by atoms with Crippen molar-refractivity contribution in [3.63, 3.8) is 0 Å². The van der Waals surface area contributed by atoms with Crippen LogP contribution in [-0.4, -0.2) is 18.7 Å². The van der Waals surface area contributed by atoms with E-state index in [0.29, 0.717) is 5.75 Å². The summed E-state index contributed by atoms with van der Waals surface area (Å²) < 4.78 is 7.57. The normalized spacial score (nSPS) is 10.7. The average Bonchev–Trinajstić information content (AvgIpc) is 2.68. The minimum atomic E-state index is -0.252. The molecule has 0 saturated carbocycles. The smallest absolute Gasteiger partial charge is 0.259 e. The molecule has 0 saturated heterocycles. The number of halogens is 2. The molecule has 0 fully saturated rings. The van der Waals surface area contributed by atoms with Crippen molar-refractivity contribution in [1.29, 1.82) is 0 Å². The van der Waals surface area contributed by atoms with E-state index in [9.17, 15) is 4.79 Å². The molecule has 0 aliphatic carbocycles. The molecule has 0 bridgehead atoms. The fourth-order valence-electron chi connectivity index (χ4n) is 2.54. The Hall–Kier alpha value is -2.64. The van der Waals surface area contributed by atoms with Gasteiger partial charge in [-0.3, -0.25) is 4.79 Å². The highest BCUT2D eigenvalue weighted by atomic mass is 79.9. The van der Waals surface area contributed by atoms with Crippen LogP contribution in [0.1, 0.15) is 11.1 Å². The van der Waals surface area contributed by atoms with E-state index in [1.54, 1.807) is 6.21 Å². The summed E-state index contributed by atoms with van der Waals surface area (Å²) in [5.74, 6) is 1.20. The molecule has 0 atom stereocenters. The second-order valence-electron chi connectivity index (χ2n) is 6.24. The van der Waals surface area contributed by atoms with Gasteiger partial charge in [0, 0.05) is 8.95 Å². The second kappa shape index (κ2) is 10.2. The van der Waals surface area contributed by atoms with Gasteiger partial charge < -0.3 is 10.1 Å². The molecule has 148 valence electrons. The van der Waals surface area contributed by atoms with Crippen LogP contribution in [0.25, 0.3) is 0 Å². The summed E-state index contributed by atoms with van der Waals surface area (Å²) in [4.78, 5) is 12.1. The molecule has 3 rings (SSSR count). The lowest BCUT2D eigenvalue weighted by Crippen LogP contribution is -2.26. The monoisotopic (exact) mass is 515 g/mol. The highest BCUT2D eigenvalue weighted by molar-refractivity contribution is 9.11. The molecular formula is C22H19Br2N3O2. The summed E-state index contributed by atoms with van der Waals surface area (Å²) in [7, 11) is 0. The van der Waals surface area contributed by atoms with E-state index in [1.807, 2.05) is 73.7 Å². The van der Waals surface area contributed by atoms with Crippen LogP contribution in [0.2, 0.25) is 0 Å². The number of carbonyl (C=O) groups is 1. The molecule has 0 radical (unpaired) electrons. The SMILES string of the molecule is Cc1cc(Br)c(NCC(=O)NN=Cc2cccc(Oc3ccccc3)c2)c(Br)c1.